The SMILES string of the molecule is CCCS(=O)(=O)O.F[P-](F)(F)(F)(F)F.[Li+].c1ccc2n[nH]nc2c1. The van der Waals surface area contributed by atoms with Crippen LogP contribution in [0.25, 0.3) is 11.0 Å². The molecule has 0 amide bonds. The summed E-state index contributed by atoms with van der Waals surface area (Å²) < 4.78 is 86.8. The third-order valence-electron chi connectivity index (χ3n) is 1.68. The first kappa shape index (κ1) is 25.4. The Hall–Kier alpha value is -0.863. The third-order valence-corrected chi connectivity index (χ3v) is 2.61. The molecule has 15 heteroatoms. The summed E-state index contributed by atoms with van der Waals surface area (Å²) in [5.74, 6) is -0.132. The smallest absolute Gasteiger partial charge is 0.197 e. The van der Waals surface area contributed by atoms with Crippen molar-refractivity contribution in [1.82, 2.24) is 15.4 Å². The van der Waals surface area contributed by atoms with Crippen molar-refractivity contribution in [3.05, 3.63) is 24.3 Å². The quantitative estimate of drug-likeness (QED) is 0.349. The molecule has 0 radical (unpaired) electrons. The van der Waals surface area contributed by atoms with E-state index in [4.69, 9.17) is 4.55 Å². The normalized spacial score (nSPS) is 14.0. The van der Waals surface area contributed by atoms with Crippen LogP contribution < -0.4 is 18.9 Å². The summed E-state index contributed by atoms with van der Waals surface area (Å²) in [5, 5.41) is 10.3. The number of hydrogen-bond acceptors (Lipinski definition) is 4. The van der Waals surface area contributed by atoms with Crippen molar-refractivity contribution in [2.75, 3.05) is 5.75 Å². The summed E-state index contributed by atoms with van der Waals surface area (Å²) in [6.07, 6.45) is 0.471. The molecule has 0 bridgehead atoms. The molecule has 2 rings (SSSR count). The Balaban J connectivity index is 0. The molecular formula is C9H13F6LiN3O3PS. The number of aromatic nitrogens is 3. The fourth-order valence-electron chi connectivity index (χ4n) is 1.04. The van der Waals surface area contributed by atoms with Crippen LogP contribution in [-0.4, -0.2) is 34.1 Å². The van der Waals surface area contributed by atoms with Crippen LogP contribution in [0.15, 0.2) is 24.3 Å². The molecule has 0 saturated carbocycles. The van der Waals surface area contributed by atoms with Gasteiger partial charge in [-0.25, -0.2) is 0 Å². The number of fused-ring (bicyclic) bond motifs is 1. The second-order valence-electron chi connectivity index (χ2n) is 4.06. The fourth-order valence-corrected chi connectivity index (χ4v) is 1.56. The van der Waals surface area contributed by atoms with Crippen molar-refractivity contribution in [3.8, 4) is 0 Å². The van der Waals surface area contributed by atoms with Crippen LogP contribution in [0, 0.1) is 0 Å². The maximum atomic E-state index is 9.87. The molecule has 0 saturated heterocycles. The van der Waals surface area contributed by atoms with E-state index in [1.54, 1.807) is 6.92 Å². The Morgan fingerprint density at radius 2 is 1.38 bits per heavy atom. The van der Waals surface area contributed by atoms with E-state index in [-0.39, 0.29) is 24.6 Å². The van der Waals surface area contributed by atoms with Crippen molar-refractivity contribution in [2.24, 2.45) is 0 Å². The van der Waals surface area contributed by atoms with Crippen LogP contribution in [0.1, 0.15) is 13.3 Å². The number of rotatable bonds is 2. The molecule has 0 fully saturated rings. The third kappa shape index (κ3) is 21.1. The van der Waals surface area contributed by atoms with E-state index in [1.807, 2.05) is 24.3 Å². The molecule has 6 nitrogen and oxygen atoms in total. The van der Waals surface area contributed by atoms with Gasteiger partial charge in [-0.1, -0.05) is 19.1 Å². The standard InChI is InChI=1S/C6H5N3.C3H8O3S.F6P.Li/c1-2-4-6-5(3-1)7-9-8-6;1-2-3-7(4,5)6;1-7(2,3,4,5)6;/h1-4H,(H,7,8,9);2-3H2,1H3,(H,4,5,6);;/q;;-1;+1. The number of aromatic amines is 1. The Labute approximate surface area is 145 Å². The molecule has 0 spiro atoms. The van der Waals surface area contributed by atoms with Gasteiger partial charge in [0, 0.05) is 0 Å². The van der Waals surface area contributed by atoms with Crippen LogP contribution in [0.4, 0.5) is 25.2 Å². The molecule has 0 atom stereocenters. The fraction of sp³-hybridized carbons (Fsp3) is 0.333. The minimum atomic E-state index is -10.7. The predicted molar refractivity (Wildman–Crippen MR) is 74.2 cm³/mol. The van der Waals surface area contributed by atoms with E-state index in [2.05, 4.69) is 15.4 Å². The monoisotopic (exact) mass is 395 g/mol. The van der Waals surface area contributed by atoms with Gasteiger partial charge in [0.2, 0.25) is 0 Å². The van der Waals surface area contributed by atoms with Gasteiger partial charge in [0.05, 0.1) is 5.75 Å². The number of hydrogen-bond donors (Lipinski definition) is 2. The van der Waals surface area contributed by atoms with Crippen LogP contribution in [-0.2, 0) is 10.1 Å². The number of nitrogens with zero attached hydrogens (tertiary/aromatic N) is 2. The van der Waals surface area contributed by atoms with E-state index < -0.39 is 17.9 Å². The number of para-hydroxylation sites is 2. The molecular weight excluding hydrogens is 382 g/mol. The summed E-state index contributed by atoms with van der Waals surface area (Å²) >= 11 is 0. The molecule has 136 valence electrons. The van der Waals surface area contributed by atoms with Crippen molar-refractivity contribution >= 4 is 29.0 Å². The zero-order valence-electron chi connectivity index (χ0n) is 12.5. The van der Waals surface area contributed by atoms with Gasteiger partial charge in [0.1, 0.15) is 11.0 Å². The first-order valence-corrected chi connectivity index (χ1v) is 9.39. The van der Waals surface area contributed by atoms with Gasteiger partial charge in [-0.15, -0.1) is 0 Å². The zero-order valence-corrected chi connectivity index (χ0v) is 14.2. The van der Waals surface area contributed by atoms with Crippen molar-refractivity contribution in [1.29, 1.82) is 0 Å². The topological polar surface area (TPSA) is 95.9 Å². The number of halogens is 6. The molecule has 1 aromatic heterocycles. The Bertz CT molecular complexity index is 696. The number of benzene rings is 1. The largest absolute Gasteiger partial charge is 1.00 e. The Kier molecular flexibility index (Phi) is 8.47. The Morgan fingerprint density at radius 1 is 1.04 bits per heavy atom. The molecule has 0 unspecified atom stereocenters. The van der Waals surface area contributed by atoms with E-state index in [0.717, 1.165) is 11.0 Å². The maximum absolute atomic E-state index is 10.7. The number of H-pyrrole nitrogens is 1. The van der Waals surface area contributed by atoms with E-state index in [0.29, 0.717) is 6.42 Å². The molecule has 2 N–H and O–H groups in total. The zero-order chi connectivity index (χ0) is 18.4. The van der Waals surface area contributed by atoms with Gasteiger partial charge < -0.3 is 0 Å². The molecule has 0 aliphatic rings. The van der Waals surface area contributed by atoms with E-state index in [1.165, 1.54) is 0 Å². The van der Waals surface area contributed by atoms with E-state index >= 15 is 0 Å². The Morgan fingerprint density at radius 3 is 1.58 bits per heavy atom. The molecule has 0 aliphatic heterocycles. The molecule has 1 heterocycles. The summed E-state index contributed by atoms with van der Waals surface area (Å²) in [5.41, 5.74) is 1.83. The van der Waals surface area contributed by atoms with Crippen LogP contribution in [0.3, 0.4) is 0 Å². The van der Waals surface area contributed by atoms with Gasteiger partial charge >= 0.3 is 51.9 Å². The summed E-state index contributed by atoms with van der Waals surface area (Å²) in [7, 11) is -14.3. The molecule has 24 heavy (non-hydrogen) atoms. The van der Waals surface area contributed by atoms with Crippen molar-refractivity contribution < 1.29 is 57.0 Å². The second kappa shape index (κ2) is 8.01. The minimum absolute atomic E-state index is 0. The van der Waals surface area contributed by atoms with Crippen molar-refractivity contribution in [3.63, 3.8) is 0 Å². The summed E-state index contributed by atoms with van der Waals surface area (Å²) in [6, 6.07) is 7.70. The van der Waals surface area contributed by atoms with Gasteiger partial charge in [-0.05, 0) is 18.6 Å². The summed E-state index contributed by atoms with van der Waals surface area (Å²) in [4.78, 5) is 0. The van der Waals surface area contributed by atoms with Crippen molar-refractivity contribution in [2.45, 2.75) is 13.3 Å². The molecule has 0 aliphatic carbocycles. The first-order chi connectivity index (χ1) is 9.98. The molecule has 1 aromatic carbocycles. The van der Waals surface area contributed by atoms with Crippen LogP contribution >= 0.6 is 7.81 Å². The predicted octanol–water partition coefficient (Wildman–Crippen LogP) is 1.63. The van der Waals surface area contributed by atoms with Crippen LogP contribution in [0.2, 0.25) is 0 Å². The van der Waals surface area contributed by atoms with Crippen LogP contribution in [0.5, 0.6) is 0 Å². The second-order valence-corrected chi connectivity index (χ2v) is 7.55. The number of nitrogens with one attached hydrogen (secondary N) is 1. The van der Waals surface area contributed by atoms with Gasteiger partial charge in [-0.3, -0.25) is 4.55 Å². The average molecular weight is 395 g/mol. The van der Waals surface area contributed by atoms with Gasteiger partial charge in [0.25, 0.3) is 10.1 Å². The van der Waals surface area contributed by atoms with E-state index in [9.17, 15) is 33.6 Å². The first-order valence-electron chi connectivity index (χ1n) is 5.75. The summed E-state index contributed by atoms with van der Waals surface area (Å²) in [6.45, 7) is 1.69. The average Bonchev–Trinajstić information content (AvgIpc) is 2.71. The molecule has 2 aromatic rings. The van der Waals surface area contributed by atoms with Gasteiger partial charge in [0.15, 0.2) is 0 Å². The maximum Gasteiger partial charge on any atom is 1.00 e. The minimum Gasteiger partial charge on any atom is -0.197 e. The van der Waals surface area contributed by atoms with Gasteiger partial charge in [-0.2, -0.15) is 23.8 Å².